The number of piperidine rings is 1. The summed E-state index contributed by atoms with van der Waals surface area (Å²) in [6, 6.07) is 10.0. The van der Waals surface area contributed by atoms with Gasteiger partial charge in [0.05, 0.1) is 5.92 Å². The molecule has 1 amide bonds. The third kappa shape index (κ3) is 3.38. The number of carbonyl (C=O) groups is 1. The first-order valence-corrected chi connectivity index (χ1v) is 7.40. The van der Waals surface area contributed by atoms with Gasteiger partial charge >= 0.3 is 0 Å². The van der Waals surface area contributed by atoms with Gasteiger partial charge in [-0.05, 0) is 25.5 Å². The zero-order chi connectivity index (χ0) is 14.5. The molecule has 1 aliphatic rings. The fraction of sp³-hybridized carbons (Fsp3) is 0.562. The molecule has 0 spiro atoms. The Morgan fingerprint density at radius 3 is 2.75 bits per heavy atom. The van der Waals surface area contributed by atoms with Crippen molar-refractivity contribution in [2.24, 2.45) is 11.7 Å². The highest BCUT2D eigenvalue weighted by Crippen LogP contribution is 2.22. The molecule has 3 atom stereocenters. The number of hydrogen-bond donors (Lipinski definition) is 2. The van der Waals surface area contributed by atoms with Crippen molar-refractivity contribution in [3.63, 3.8) is 0 Å². The predicted octanol–water partition coefficient (Wildman–Crippen LogP) is 1.53. The van der Waals surface area contributed by atoms with Crippen LogP contribution in [0.15, 0.2) is 30.3 Å². The largest absolute Gasteiger partial charge is 0.341 e. The van der Waals surface area contributed by atoms with Gasteiger partial charge in [0.25, 0.3) is 0 Å². The Morgan fingerprint density at radius 2 is 2.10 bits per heavy atom. The molecular weight excluding hydrogens is 250 g/mol. The molecule has 0 saturated carbocycles. The lowest BCUT2D eigenvalue weighted by Crippen LogP contribution is -2.49. The maximum atomic E-state index is 12.6. The highest BCUT2D eigenvalue weighted by Gasteiger charge is 2.29. The van der Waals surface area contributed by atoms with Crippen LogP contribution in [0.25, 0.3) is 0 Å². The van der Waals surface area contributed by atoms with Crippen molar-refractivity contribution in [1.82, 2.24) is 10.2 Å². The normalized spacial score (nSPS) is 22.4. The van der Waals surface area contributed by atoms with Crippen molar-refractivity contribution >= 4 is 5.91 Å². The van der Waals surface area contributed by atoms with Crippen molar-refractivity contribution < 1.29 is 4.79 Å². The van der Waals surface area contributed by atoms with Crippen LogP contribution in [0.3, 0.4) is 0 Å². The first kappa shape index (κ1) is 15.0. The van der Waals surface area contributed by atoms with Gasteiger partial charge in [0.2, 0.25) is 5.91 Å². The van der Waals surface area contributed by atoms with Crippen LogP contribution in [0, 0.1) is 5.92 Å². The van der Waals surface area contributed by atoms with Gasteiger partial charge in [-0.15, -0.1) is 0 Å². The quantitative estimate of drug-likeness (QED) is 0.876. The van der Waals surface area contributed by atoms with Crippen LogP contribution in [0.4, 0.5) is 0 Å². The maximum absolute atomic E-state index is 12.6. The smallest absolute Gasteiger partial charge is 0.227 e. The summed E-state index contributed by atoms with van der Waals surface area (Å²) in [5.74, 6) is -0.0192. The number of amides is 1. The third-order valence-corrected chi connectivity index (χ3v) is 4.25. The van der Waals surface area contributed by atoms with Gasteiger partial charge in [0.1, 0.15) is 0 Å². The summed E-state index contributed by atoms with van der Waals surface area (Å²) in [5, 5.41) is 3.26. The summed E-state index contributed by atoms with van der Waals surface area (Å²) in [5.41, 5.74) is 7.27. The van der Waals surface area contributed by atoms with Crippen molar-refractivity contribution in [3.05, 3.63) is 35.9 Å². The van der Waals surface area contributed by atoms with Crippen molar-refractivity contribution in [1.29, 1.82) is 0 Å². The monoisotopic (exact) mass is 275 g/mol. The van der Waals surface area contributed by atoms with Gasteiger partial charge in [0.15, 0.2) is 0 Å². The number of nitrogens with two attached hydrogens (primary N) is 1. The molecule has 4 heteroatoms. The van der Waals surface area contributed by atoms with Gasteiger partial charge in [0, 0.05) is 25.2 Å². The second kappa shape index (κ2) is 6.86. The number of rotatable bonds is 4. The van der Waals surface area contributed by atoms with Crippen LogP contribution >= 0.6 is 0 Å². The van der Waals surface area contributed by atoms with Crippen molar-refractivity contribution in [2.75, 3.05) is 20.1 Å². The summed E-state index contributed by atoms with van der Waals surface area (Å²) in [6.45, 7) is 3.58. The summed E-state index contributed by atoms with van der Waals surface area (Å²) < 4.78 is 0. The minimum Gasteiger partial charge on any atom is -0.341 e. The van der Waals surface area contributed by atoms with E-state index in [0.717, 1.165) is 31.5 Å². The molecule has 0 radical (unpaired) electrons. The lowest BCUT2D eigenvalue weighted by atomic mass is 9.93. The minimum atomic E-state index is -0.237. The second-order valence-corrected chi connectivity index (χ2v) is 5.64. The number of likely N-dealkylation sites (tertiary alicyclic amines) is 1. The Labute approximate surface area is 121 Å². The Morgan fingerprint density at radius 1 is 1.40 bits per heavy atom. The van der Waals surface area contributed by atoms with Gasteiger partial charge in [-0.2, -0.15) is 0 Å². The molecule has 4 nitrogen and oxygen atoms in total. The topological polar surface area (TPSA) is 58.4 Å². The fourth-order valence-electron chi connectivity index (χ4n) is 2.82. The molecule has 1 aliphatic heterocycles. The lowest BCUT2D eigenvalue weighted by molar-refractivity contribution is -0.137. The molecule has 0 aromatic heterocycles. The first-order chi connectivity index (χ1) is 9.63. The first-order valence-electron chi connectivity index (χ1n) is 7.40. The number of nitrogens with one attached hydrogen (secondary N) is 1. The molecule has 0 bridgehead atoms. The van der Waals surface area contributed by atoms with Crippen molar-refractivity contribution in [2.45, 2.75) is 31.8 Å². The zero-order valence-electron chi connectivity index (χ0n) is 12.4. The summed E-state index contributed by atoms with van der Waals surface area (Å²) in [6.07, 6.45) is 2.20. The molecule has 1 aromatic carbocycles. The molecule has 3 N–H and O–H groups in total. The Hall–Kier alpha value is -1.39. The number of benzene rings is 1. The number of carbonyl (C=O) groups excluding carboxylic acids is 1. The molecule has 0 aliphatic carbocycles. The zero-order valence-corrected chi connectivity index (χ0v) is 12.4. The lowest BCUT2D eigenvalue weighted by Gasteiger charge is -2.35. The maximum Gasteiger partial charge on any atom is 0.227 e. The Bertz CT molecular complexity index is 435. The molecule has 1 fully saturated rings. The van der Waals surface area contributed by atoms with E-state index in [9.17, 15) is 4.79 Å². The number of likely N-dealkylation sites (N-methyl/N-ethyl adjacent to an activating group) is 1. The molecule has 2 rings (SSSR count). The Kier molecular flexibility index (Phi) is 5.15. The number of nitrogens with zero attached hydrogens (tertiary/aromatic N) is 1. The van der Waals surface area contributed by atoms with Gasteiger partial charge < -0.3 is 16.0 Å². The standard InChI is InChI=1S/C16H25N3O/c1-12(15(17)13-7-4-3-5-8-13)16(20)19-10-6-9-14(11-19)18-2/h3-5,7-8,12,14-15,18H,6,9-11,17H2,1-2H3. The van der Waals surface area contributed by atoms with Crippen LogP contribution in [0.1, 0.15) is 31.4 Å². The van der Waals surface area contributed by atoms with Gasteiger partial charge in [-0.25, -0.2) is 0 Å². The Balaban J connectivity index is 2.01. The van der Waals surface area contributed by atoms with Crippen LogP contribution in [0.5, 0.6) is 0 Å². The van der Waals surface area contributed by atoms with E-state index in [1.54, 1.807) is 0 Å². The highest BCUT2D eigenvalue weighted by atomic mass is 16.2. The van der Waals surface area contributed by atoms with Crippen LogP contribution < -0.4 is 11.1 Å². The van der Waals surface area contributed by atoms with Crippen LogP contribution in [0.2, 0.25) is 0 Å². The third-order valence-electron chi connectivity index (χ3n) is 4.25. The average molecular weight is 275 g/mol. The van der Waals surface area contributed by atoms with E-state index in [2.05, 4.69) is 5.32 Å². The van der Waals surface area contributed by atoms with E-state index < -0.39 is 0 Å². The molecule has 1 saturated heterocycles. The van der Waals surface area contributed by atoms with E-state index in [0.29, 0.717) is 6.04 Å². The number of hydrogen-bond acceptors (Lipinski definition) is 3. The fourth-order valence-corrected chi connectivity index (χ4v) is 2.82. The molecule has 1 aromatic rings. The van der Waals surface area contributed by atoms with E-state index in [1.807, 2.05) is 49.2 Å². The summed E-state index contributed by atoms with van der Waals surface area (Å²) >= 11 is 0. The summed E-state index contributed by atoms with van der Waals surface area (Å²) in [7, 11) is 1.96. The van der Waals surface area contributed by atoms with Gasteiger partial charge in [-0.1, -0.05) is 37.3 Å². The molecular formula is C16H25N3O. The van der Waals surface area contributed by atoms with E-state index in [4.69, 9.17) is 5.73 Å². The minimum absolute atomic E-state index is 0.168. The van der Waals surface area contributed by atoms with Crippen LogP contribution in [-0.4, -0.2) is 37.0 Å². The van der Waals surface area contributed by atoms with Gasteiger partial charge in [-0.3, -0.25) is 4.79 Å². The van der Waals surface area contributed by atoms with E-state index >= 15 is 0 Å². The molecule has 3 unspecified atom stereocenters. The van der Waals surface area contributed by atoms with E-state index in [-0.39, 0.29) is 17.9 Å². The predicted molar refractivity (Wildman–Crippen MR) is 81.2 cm³/mol. The second-order valence-electron chi connectivity index (χ2n) is 5.64. The SMILES string of the molecule is CNC1CCCN(C(=O)C(C)C(N)c2ccccc2)C1. The highest BCUT2D eigenvalue weighted by molar-refractivity contribution is 5.79. The van der Waals surface area contributed by atoms with E-state index in [1.165, 1.54) is 0 Å². The molecule has 110 valence electrons. The molecule has 1 heterocycles. The average Bonchev–Trinajstić information content (AvgIpc) is 2.53. The molecule has 20 heavy (non-hydrogen) atoms. The van der Waals surface area contributed by atoms with Crippen LogP contribution in [-0.2, 0) is 4.79 Å². The summed E-state index contributed by atoms with van der Waals surface area (Å²) in [4.78, 5) is 14.5. The van der Waals surface area contributed by atoms with Crippen molar-refractivity contribution in [3.8, 4) is 0 Å².